The predicted octanol–water partition coefficient (Wildman–Crippen LogP) is 9.78. The standard InChI is InChI=1S/C38H56N3/c1-7-10-28-38(4)35-30-34(39(5)6)25-26-36(35)41(29-16-12-11-13-17-31-18-14-15-19-31)37(38)27-22-32-20-23-33(24-21-32)40(8-2)9-3/h7,10,20-27,30-31H,8-9,11-19,28-29H2,1-6H3/q+1/b10-7+. The average Bonchev–Trinajstić information content (AvgIpc) is 3.58. The maximum absolute atomic E-state index is 2.65. The fourth-order valence-electron chi connectivity index (χ4n) is 7.04. The van der Waals surface area contributed by atoms with E-state index in [0.29, 0.717) is 0 Å². The van der Waals surface area contributed by atoms with Crippen LogP contribution >= 0.6 is 0 Å². The monoisotopic (exact) mass is 554 g/mol. The summed E-state index contributed by atoms with van der Waals surface area (Å²) in [6, 6.07) is 16.2. The fourth-order valence-corrected chi connectivity index (χ4v) is 7.04. The summed E-state index contributed by atoms with van der Waals surface area (Å²) in [5.74, 6) is 1.02. The highest BCUT2D eigenvalue weighted by Gasteiger charge is 2.47. The van der Waals surface area contributed by atoms with Gasteiger partial charge in [-0.2, -0.15) is 4.58 Å². The molecule has 1 fully saturated rings. The zero-order chi connectivity index (χ0) is 29.2. The minimum Gasteiger partial charge on any atom is -0.378 e. The number of rotatable bonds is 15. The van der Waals surface area contributed by atoms with E-state index in [1.807, 2.05) is 0 Å². The van der Waals surface area contributed by atoms with E-state index in [4.69, 9.17) is 0 Å². The van der Waals surface area contributed by atoms with E-state index in [2.05, 4.69) is 123 Å². The average molecular weight is 555 g/mol. The first-order valence-electron chi connectivity index (χ1n) is 16.5. The van der Waals surface area contributed by atoms with Crippen molar-refractivity contribution in [2.45, 2.75) is 97.3 Å². The summed E-state index contributed by atoms with van der Waals surface area (Å²) in [6.45, 7) is 12.2. The Morgan fingerprint density at radius 2 is 1.56 bits per heavy atom. The van der Waals surface area contributed by atoms with Gasteiger partial charge in [-0.05, 0) is 82.4 Å². The summed E-state index contributed by atoms with van der Waals surface area (Å²) >= 11 is 0. The Morgan fingerprint density at radius 3 is 2.22 bits per heavy atom. The quantitative estimate of drug-likeness (QED) is 0.123. The molecule has 1 unspecified atom stereocenters. The minimum absolute atomic E-state index is 0.0615. The Labute approximate surface area is 251 Å². The normalized spacial score (nSPS) is 19.2. The molecule has 0 saturated heterocycles. The molecule has 1 heterocycles. The van der Waals surface area contributed by atoms with Crippen molar-refractivity contribution >= 4 is 28.8 Å². The second-order valence-corrected chi connectivity index (χ2v) is 12.7. The van der Waals surface area contributed by atoms with Gasteiger partial charge < -0.3 is 9.80 Å². The Morgan fingerprint density at radius 1 is 0.878 bits per heavy atom. The van der Waals surface area contributed by atoms with E-state index < -0.39 is 0 Å². The van der Waals surface area contributed by atoms with Crippen LogP contribution in [0.2, 0.25) is 0 Å². The van der Waals surface area contributed by atoms with Gasteiger partial charge in [0.25, 0.3) is 0 Å². The number of unbranched alkanes of at least 4 members (excludes halogenated alkanes) is 3. The van der Waals surface area contributed by atoms with Crippen LogP contribution in [0, 0.1) is 5.92 Å². The predicted molar refractivity (Wildman–Crippen MR) is 181 cm³/mol. The highest BCUT2D eigenvalue weighted by atomic mass is 15.1. The third-order valence-corrected chi connectivity index (χ3v) is 9.67. The number of anilines is 2. The van der Waals surface area contributed by atoms with Crippen LogP contribution in [0.4, 0.5) is 17.1 Å². The zero-order valence-electron chi connectivity index (χ0n) is 27.0. The highest BCUT2D eigenvalue weighted by Crippen LogP contribution is 2.44. The summed E-state index contributed by atoms with van der Waals surface area (Å²) in [4.78, 5) is 4.64. The third-order valence-electron chi connectivity index (χ3n) is 9.67. The lowest BCUT2D eigenvalue weighted by Gasteiger charge is -2.22. The second kappa shape index (κ2) is 14.9. The van der Waals surface area contributed by atoms with Crippen molar-refractivity contribution in [2.75, 3.05) is 43.5 Å². The number of allylic oxidation sites excluding steroid dienone is 3. The number of fused-ring (bicyclic) bond motifs is 1. The molecule has 0 amide bonds. The van der Waals surface area contributed by atoms with E-state index in [1.54, 1.807) is 0 Å². The summed E-state index contributed by atoms with van der Waals surface area (Å²) in [6.07, 6.45) is 23.0. The van der Waals surface area contributed by atoms with Crippen molar-refractivity contribution in [3.8, 4) is 0 Å². The van der Waals surface area contributed by atoms with Gasteiger partial charge in [0.15, 0.2) is 5.71 Å². The van der Waals surface area contributed by atoms with Crippen LogP contribution in [0.15, 0.2) is 60.7 Å². The molecule has 0 bridgehead atoms. The van der Waals surface area contributed by atoms with Crippen LogP contribution in [-0.4, -0.2) is 44.0 Å². The van der Waals surface area contributed by atoms with E-state index in [0.717, 1.165) is 32.0 Å². The molecule has 4 rings (SSSR count). The molecule has 0 spiro atoms. The van der Waals surface area contributed by atoms with Gasteiger partial charge in [-0.1, -0.05) is 69.2 Å². The molecule has 3 nitrogen and oxygen atoms in total. The number of benzene rings is 2. The maximum atomic E-state index is 2.65. The van der Waals surface area contributed by atoms with Crippen LogP contribution in [0.1, 0.15) is 103 Å². The Kier molecular flexibility index (Phi) is 11.3. The van der Waals surface area contributed by atoms with E-state index >= 15 is 0 Å². The zero-order valence-corrected chi connectivity index (χ0v) is 27.0. The number of hydrogen-bond donors (Lipinski definition) is 0. The Bertz CT molecular complexity index is 1190. The van der Waals surface area contributed by atoms with Crippen molar-refractivity contribution in [1.29, 1.82) is 0 Å². The molecule has 1 aliphatic heterocycles. The van der Waals surface area contributed by atoms with Crippen LogP contribution in [0.3, 0.4) is 0 Å². The molecule has 41 heavy (non-hydrogen) atoms. The minimum atomic E-state index is -0.0615. The first-order chi connectivity index (χ1) is 19.9. The molecule has 2 aliphatic rings. The van der Waals surface area contributed by atoms with Crippen LogP contribution in [0.5, 0.6) is 0 Å². The van der Waals surface area contributed by atoms with Gasteiger partial charge in [-0.15, -0.1) is 0 Å². The SMILES string of the molecule is C/C=C/CC1(C)C(/C=C/c2ccc(N(CC)CC)cc2)=[N+](CCCCCCC2CCCC2)c2ccc(N(C)C)cc21. The topological polar surface area (TPSA) is 9.49 Å². The lowest BCUT2D eigenvalue weighted by molar-refractivity contribution is -0.438. The first-order valence-corrected chi connectivity index (χ1v) is 16.5. The summed E-state index contributed by atoms with van der Waals surface area (Å²) < 4.78 is 2.65. The molecule has 1 atom stereocenters. The van der Waals surface area contributed by atoms with Gasteiger partial charge in [0.2, 0.25) is 5.69 Å². The number of hydrogen-bond acceptors (Lipinski definition) is 2. The van der Waals surface area contributed by atoms with Crippen LogP contribution in [0.25, 0.3) is 6.08 Å². The van der Waals surface area contributed by atoms with Crippen molar-refractivity contribution in [3.63, 3.8) is 0 Å². The van der Waals surface area contributed by atoms with Gasteiger partial charge in [-0.3, -0.25) is 0 Å². The maximum Gasteiger partial charge on any atom is 0.209 e. The molecular weight excluding hydrogens is 498 g/mol. The van der Waals surface area contributed by atoms with E-state index in [-0.39, 0.29) is 5.41 Å². The summed E-state index contributed by atoms with van der Waals surface area (Å²) in [7, 11) is 4.30. The highest BCUT2D eigenvalue weighted by molar-refractivity contribution is 6.06. The van der Waals surface area contributed by atoms with Gasteiger partial charge >= 0.3 is 0 Å². The smallest absolute Gasteiger partial charge is 0.209 e. The molecule has 2 aromatic rings. The summed E-state index contributed by atoms with van der Waals surface area (Å²) in [5.41, 5.74) is 8.06. The number of nitrogens with zero attached hydrogens (tertiary/aromatic N) is 3. The summed E-state index contributed by atoms with van der Waals surface area (Å²) in [5, 5.41) is 0. The molecule has 0 aromatic heterocycles. The van der Waals surface area contributed by atoms with Crippen molar-refractivity contribution in [3.05, 3.63) is 71.8 Å². The van der Waals surface area contributed by atoms with E-state index in [1.165, 1.54) is 91.7 Å². The van der Waals surface area contributed by atoms with Crippen molar-refractivity contribution in [2.24, 2.45) is 5.92 Å². The molecule has 2 aromatic carbocycles. The van der Waals surface area contributed by atoms with Gasteiger partial charge in [0.05, 0.1) is 5.41 Å². The van der Waals surface area contributed by atoms with Gasteiger partial charge in [0, 0.05) is 62.7 Å². The van der Waals surface area contributed by atoms with Crippen LogP contribution < -0.4 is 9.80 Å². The fraction of sp³-hybridized carbons (Fsp3) is 0.553. The van der Waals surface area contributed by atoms with Gasteiger partial charge in [-0.25, -0.2) is 0 Å². The lowest BCUT2D eigenvalue weighted by atomic mass is 9.76. The van der Waals surface area contributed by atoms with Crippen LogP contribution in [-0.2, 0) is 5.41 Å². The second-order valence-electron chi connectivity index (χ2n) is 12.7. The molecule has 222 valence electrons. The molecule has 1 saturated carbocycles. The molecule has 1 aliphatic carbocycles. The lowest BCUT2D eigenvalue weighted by Crippen LogP contribution is -2.31. The van der Waals surface area contributed by atoms with Crippen molar-refractivity contribution < 1.29 is 4.58 Å². The first kappa shape index (κ1) is 31.1. The molecule has 0 N–H and O–H groups in total. The largest absolute Gasteiger partial charge is 0.378 e. The Hall–Kier alpha value is -2.81. The molecular formula is C38H56N3+. The molecule has 3 heteroatoms. The molecule has 0 radical (unpaired) electrons. The van der Waals surface area contributed by atoms with E-state index in [9.17, 15) is 0 Å². The Balaban J connectivity index is 1.60. The van der Waals surface area contributed by atoms with Crippen molar-refractivity contribution in [1.82, 2.24) is 0 Å². The third kappa shape index (κ3) is 7.53. The van der Waals surface area contributed by atoms with Gasteiger partial charge in [0.1, 0.15) is 6.54 Å².